The van der Waals surface area contributed by atoms with Gasteiger partial charge in [-0.2, -0.15) is 0 Å². The largest absolute Gasteiger partial charge is 0.465 e. The van der Waals surface area contributed by atoms with Crippen molar-refractivity contribution in [2.24, 2.45) is 0 Å². The maximum absolute atomic E-state index is 13.2. The number of carbonyl (C=O) groups excluding carboxylic acids is 1. The minimum atomic E-state index is -0.532. The van der Waals surface area contributed by atoms with Crippen LogP contribution in [0.1, 0.15) is 59.6 Å². The minimum Gasteiger partial charge on any atom is -0.465 e. The molecule has 1 aliphatic heterocycles. The molecule has 186 valence electrons. The van der Waals surface area contributed by atoms with Crippen LogP contribution >= 0.6 is 0 Å². The average molecular weight is 480 g/mol. The Morgan fingerprint density at radius 2 is 1.56 bits per heavy atom. The highest BCUT2D eigenvalue weighted by molar-refractivity contribution is 5.84. The van der Waals surface area contributed by atoms with Crippen LogP contribution in [0.15, 0.2) is 78.9 Å². The van der Waals surface area contributed by atoms with Crippen molar-refractivity contribution >= 4 is 11.5 Å². The Morgan fingerprint density at radius 3 is 2.17 bits per heavy atom. The maximum atomic E-state index is 13.2. The van der Waals surface area contributed by atoms with Crippen molar-refractivity contribution in [1.82, 2.24) is 4.90 Å². The van der Waals surface area contributed by atoms with E-state index >= 15 is 0 Å². The second kappa shape index (κ2) is 10.8. The Balaban J connectivity index is 1.32. The first-order valence-corrected chi connectivity index (χ1v) is 13.4. The van der Waals surface area contributed by atoms with Crippen LogP contribution in [-0.2, 0) is 27.8 Å². The van der Waals surface area contributed by atoms with Gasteiger partial charge in [0.2, 0.25) is 0 Å². The Bertz CT molecular complexity index is 1200. The normalized spacial score (nSPS) is 17.0. The Morgan fingerprint density at radius 1 is 0.917 bits per heavy atom. The second-order valence-corrected chi connectivity index (χ2v) is 10.2. The van der Waals surface area contributed by atoms with Crippen molar-refractivity contribution < 1.29 is 9.53 Å². The summed E-state index contributed by atoms with van der Waals surface area (Å²) in [5, 5.41) is 0. The SMILES string of the molecule is CCOC(=O)C1(c2cccc(C)c2)CCN(CCC=C2c3ccccc3CCc3ccccc32)CC1. The molecule has 0 N–H and O–H groups in total. The van der Waals surface area contributed by atoms with Crippen LogP contribution in [0.25, 0.3) is 5.57 Å². The summed E-state index contributed by atoms with van der Waals surface area (Å²) in [5.74, 6) is -0.0657. The molecule has 1 aliphatic carbocycles. The van der Waals surface area contributed by atoms with Crippen LogP contribution in [0.4, 0.5) is 0 Å². The second-order valence-electron chi connectivity index (χ2n) is 10.2. The molecule has 1 fully saturated rings. The van der Waals surface area contributed by atoms with Gasteiger partial charge in [-0.1, -0.05) is 84.4 Å². The number of piperidine rings is 1. The molecule has 0 bridgehead atoms. The van der Waals surface area contributed by atoms with Crippen molar-refractivity contribution in [2.75, 3.05) is 26.2 Å². The van der Waals surface area contributed by atoms with E-state index in [2.05, 4.69) is 90.7 Å². The molecule has 0 atom stereocenters. The fourth-order valence-corrected chi connectivity index (χ4v) is 6.01. The minimum absolute atomic E-state index is 0.0657. The first kappa shape index (κ1) is 24.5. The predicted molar refractivity (Wildman–Crippen MR) is 147 cm³/mol. The molecular weight excluding hydrogens is 442 g/mol. The molecule has 3 aromatic carbocycles. The zero-order valence-corrected chi connectivity index (χ0v) is 21.6. The number of likely N-dealkylation sites (tertiary alicyclic amines) is 1. The van der Waals surface area contributed by atoms with Crippen LogP contribution in [0.5, 0.6) is 0 Å². The van der Waals surface area contributed by atoms with E-state index in [4.69, 9.17) is 4.74 Å². The van der Waals surface area contributed by atoms with E-state index in [9.17, 15) is 4.79 Å². The molecule has 0 amide bonds. The lowest BCUT2D eigenvalue weighted by Crippen LogP contribution is -2.48. The van der Waals surface area contributed by atoms with Crippen molar-refractivity contribution in [3.63, 3.8) is 0 Å². The Hall–Kier alpha value is -3.17. The number of ether oxygens (including phenoxy) is 1. The van der Waals surface area contributed by atoms with E-state index in [0.29, 0.717) is 6.61 Å². The van der Waals surface area contributed by atoms with Gasteiger partial charge < -0.3 is 9.64 Å². The molecule has 2 aliphatic rings. The van der Waals surface area contributed by atoms with Gasteiger partial charge in [0.05, 0.1) is 12.0 Å². The highest BCUT2D eigenvalue weighted by Crippen LogP contribution is 2.38. The molecule has 3 heteroatoms. The van der Waals surface area contributed by atoms with Gasteiger partial charge in [-0.25, -0.2) is 0 Å². The number of carbonyl (C=O) groups is 1. The van der Waals surface area contributed by atoms with Crippen LogP contribution in [-0.4, -0.2) is 37.1 Å². The van der Waals surface area contributed by atoms with Crippen molar-refractivity contribution in [3.8, 4) is 0 Å². The molecule has 0 unspecified atom stereocenters. The Kier molecular flexibility index (Phi) is 7.38. The highest BCUT2D eigenvalue weighted by Gasteiger charge is 2.44. The molecule has 1 heterocycles. The number of nitrogens with zero attached hydrogens (tertiary/aromatic N) is 1. The Labute approximate surface area is 215 Å². The van der Waals surface area contributed by atoms with Gasteiger partial charge >= 0.3 is 5.97 Å². The number of fused-ring (bicyclic) bond motifs is 2. The smallest absolute Gasteiger partial charge is 0.316 e. The summed E-state index contributed by atoms with van der Waals surface area (Å²) in [6.45, 7) is 7.22. The number of benzene rings is 3. The molecule has 0 aromatic heterocycles. The lowest BCUT2D eigenvalue weighted by molar-refractivity contribution is -0.152. The van der Waals surface area contributed by atoms with E-state index in [1.165, 1.54) is 33.4 Å². The summed E-state index contributed by atoms with van der Waals surface area (Å²) >= 11 is 0. The highest BCUT2D eigenvalue weighted by atomic mass is 16.5. The molecule has 0 spiro atoms. The van der Waals surface area contributed by atoms with Gasteiger partial charge in [-0.15, -0.1) is 0 Å². The summed E-state index contributed by atoms with van der Waals surface area (Å²) in [4.78, 5) is 15.7. The monoisotopic (exact) mass is 479 g/mol. The van der Waals surface area contributed by atoms with Gasteiger partial charge in [0.1, 0.15) is 0 Å². The first-order chi connectivity index (χ1) is 17.6. The quantitative estimate of drug-likeness (QED) is 0.377. The fourth-order valence-electron chi connectivity index (χ4n) is 6.01. The molecule has 3 aromatic rings. The topological polar surface area (TPSA) is 29.5 Å². The molecule has 36 heavy (non-hydrogen) atoms. The van der Waals surface area contributed by atoms with Gasteiger partial charge in [0.15, 0.2) is 0 Å². The zero-order chi connectivity index (χ0) is 25.0. The van der Waals surface area contributed by atoms with Crippen LogP contribution in [0.2, 0.25) is 0 Å². The van der Waals surface area contributed by atoms with E-state index in [0.717, 1.165) is 57.3 Å². The van der Waals surface area contributed by atoms with Crippen molar-refractivity contribution in [1.29, 1.82) is 0 Å². The zero-order valence-electron chi connectivity index (χ0n) is 21.6. The number of hydrogen-bond acceptors (Lipinski definition) is 3. The van der Waals surface area contributed by atoms with Crippen LogP contribution in [0, 0.1) is 6.92 Å². The third kappa shape index (κ3) is 4.90. The van der Waals surface area contributed by atoms with E-state index in [1.807, 2.05) is 6.92 Å². The molecule has 5 rings (SSSR count). The first-order valence-electron chi connectivity index (χ1n) is 13.4. The van der Waals surface area contributed by atoms with E-state index in [-0.39, 0.29) is 5.97 Å². The summed E-state index contributed by atoms with van der Waals surface area (Å²) in [6.07, 6.45) is 7.22. The summed E-state index contributed by atoms with van der Waals surface area (Å²) in [7, 11) is 0. The average Bonchev–Trinajstić information content (AvgIpc) is 3.06. The van der Waals surface area contributed by atoms with Crippen LogP contribution in [0.3, 0.4) is 0 Å². The van der Waals surface area contributed by atoms with Gasteiger partial charge in [-0.3, -0.25) is 4.79 Å². The predicted octanol–water partition coefficient (Wildman–Crippen LogP) is 6.51. The molecule has 3 nitrogen and oxygen atoms in total. The maximum Gasteiger partial charge on any atom is 0.316 e. The summed E-state index contributed by atoms with van der Waals surface area (Å²) in [5.41, 5.74) is 8.77. The number of esters is 1. The molecule has 0 radical (unpaired) electrons. The molecule has 0 saturated carbocycles. The lowest BCUT2D eigenvalue weighted by atomic mass is 9.72. The summed E-state index contributed by atoms with van der Waals surface area (Å²) < 4.78 is 5.59. The molecular formula is C33H37NO2. The third-order valence-corrected chi connectivity index (χ3v) is 8.02. The van der Waals surface area contributed by atoms with Crippen LogP contribution < -0.4 is 0 Å². The van der Waals surface area contributed by atoms with E-state index in [1.54, 1.807) is 0 Å². The molecule has 1 saturated heterocycles. The number of hydrogen-bond donors (Lipinski definition) is 0. The van der Waals surface area contributed by atoms with E-state index < -0.39 is 5.41 Å². The van der Waals surface area contributed by atoms with Crippen molar-refractivity contribution in [2.45, 2.75) is 51.4 Å². The third-order valence-electron chi connectivity index (χ3n) is 8.02. The summed E-state index contributed by atoms with van der Waals surface area (Å²) in [6, 6.07) is 26.2. The van der Waals surface area contributed by atoms with Gasteiger partial charge in [0.25, 0.3) is 0 Å². The van der Waals surface area contributed by atoms with Crippen molar-refractivity contribution in [3.05, 3.63) is 112 Å². The van der Waals surface area contributed by atoms with Gasteiger partial charge in [0, 0.05) is 6.54 Å². The standard InChI is InChI=1S/C33H37NO2/c1-3-36-32(35)33(28-13-8-10-25(2)24-28)19-22-34(23-20-33)21-9-16-31-29-14-6-4-11-26(29)17-18-27-12-5-7-15-30(27)31/h4-8,10-16,24H,3,9,17-23H2,1-2H3. The fraction of sp³-hybridized carbons (Fsp3) is 0.364. The number of rotatable bonds is 6. The van der Waals surface area contributed by atoms with Gasteiger partial charge in [-0.05, 0) is 92.4 Å². The number of aryl methyl sites for hydroxylation is 3. The lowest BCUT2D eigenvalue weighted by Gasteiger charge is -2.40.